The number of carbonyl (C=O) groups excluding carboxylic acids is 2. The van der Waals surface area contributed by atoms with Crippen LogP contribution in [0.5, 0.6) is 23.0 Å². The molecular weight excluding hydrogens is 458 g/mol. The number of nitrogens with zero attached hydrogens (tertiary/aromatic N) is 1. The Kier molecular flexibility index (Phi) is 7.38. The highest BCUT2D eigenvalue weighted by atomic mass is 16.6. The highest BCUT2D eigenvalue weighted by Gasteiger charge is 2.36. The SMILES string of the molecule is CCCCOc1c(OC(C)=O)c2c(c(OC(C)=O)c1OC(C)C)-c1ccc3ccccc3c1N(C)C2. The monoisotopic (exact) mass is 491 g/mol. The molecule has 0 spiro atoms. The summed E-state index contributed by atoms with van der Waals surface area (Å²) in [5.41, 5.74) is 3.22. The zero-order valence-corrected chi connectivity index (χ0v) is 21.8. The van der Waals surface area contributed by atoms with Gasteiger partial charge in [0.05, 0.1) is 18.4 Å². The summed E-state index contributed by atoms with van der Waals surface area (Å²) in [5, 5.41) is 2.17. The van der Waals surface area contributed by atoms with Gasteiger partial charge in [-0.3, -0.25) is 9.59 Å². The fourth-order valence-corrected chi connectivity index (χ4v) is 4.61. The van der Waals surface area contributed by atoms with E-state index in [1.807, 2.05) is 45.2 Å². The Morgan fingerprint density at radius 1 is 0.944 bits per heavy atom. The van der Waals surface area contributed by atoms with Gasteiger partial charge in [-0.05, 0) is 25.7 Å². The second kappa shape index (κ2) is 10.5. The van der Waals surface area contributed by atoms with Gasteiger partial charge in [0.25, 0.3) is 0 Å². The Morgan fingerprint density at radius 2 is 1.64 bits per heavy atom. The zero-order chi connectivity index (χ0) is 26.0. The standard InChI is InChI=1S/C29H33NO6/c1-7-8-15-33-28-26(35-18(4)31)23-16-30(6)25-21-12-10-9-11-20(21)13-14-22(25)24(23)27(36-19(5)32)29(28)34-17(2)3/h9-14,17H,7-8,15-16H2,1-6H3. The largest absolute Gasteiger partial charge is 0.486 e. The van der Waals surface area contributed by atoms with Gasteiger partial charge >= 0.3 is 11.9 Å². The molecule has 7 nitrogen and oxygen atoms in total. The van der Waals surface area contributed by atoms with Crippen molar-refractivity contribution in [2.45, 2.75) is 60.1 Å². The summed E-state index contributed by atoms with van der Waals surface area (Å²) in [6.45, 7) is 9.36. The van der Waals surface area contributed by atoms with Crippen LogP contribution < -0.4 is 23.8 Å². The number of hydrogen-bond acceptors (Lipinski definition) is 7. The Bertz CT molecular complexity index is 1310. The highest BCUT2D eigenvalue weighted by Crippen LogP contribution is 2.58. The summed E-state index contributed by atoms with van der Waals surface area (Å²) in [6, 6.07) is 12.2. The van der Waals surface area contributed by atoms with E-state index < -0.39 is 11.9 Å². The van der Waals surface area contributed by atoms with Gasteiger partial charge in [0.15, 0.2) is 11.5 Å². The van der Waals surface area contributed by atoms with Crippen LogP contribution in [0.25, 0.3) is 21.9 Å². The Hall–Kier alpha value is -3.74. The molecule has 36 heavy (non-hydrogen) atoms. The second-order valence-electron chi connectivity index (χ2n) is 9.26. The molecule has 0 radical (unpaired) electrons. The number of carbonyl (C=O) groups is 2. The summed E-state index contributed by atoms with van der Waals surface area (Å²) in [5.74, 6) is 0.158. The highest BCUT2D eigenvalue weighted by molar-refractivity contribution is 6.06. The molecule has 190 valence electrons. The molecule has 4 rings (SSSR count). The minimum atomic E-state index is -0.480. The van der Waals surface area contributed by atoms with Crippen LogP contribution in [0.3, 0.4) is 0 Å². The van der Waals surface area contributed by atoms with Crippen LogP contribution in [0.1, 0.15) is 53.0 Å². The van der Waals surface area contributed by atoms with E-state index in [0.29, 0.717) is 30.0 Å². The van der Waals surface area contributed by atoms with Crippen molar-refractivity contribution in [1.82, 2.24) is 0 Å². The lowest BCUT2D eigenvalue weighted by Crippen LogP contribution is -2.25. The molecule has 1 aliphatic heterocycles. The summed E-state index contributed by atoms with van der Waals surface area (Å²) in [6.07, 6.45) is 1.47. The van der Waals surface area contributed by atoms with Gasteiger partial charge in [-0.1, -0.05) is 49.7 Å². The first-order valence-corrected chi connectivity index (χ1v) is 12.3. The average molecular weight is 492 g/mol. The van der Waals surface area contributed by atoms with Gasteiger partial charge in [-0.25, -0.2) is 0 Å². The molecule has 0 bridgehead atoms. The molecule has 0 fully saturated rings. The summed E-state index contributed by atoms with van der Waals surface area (Å²) in [7, 11) is 1.99. The number of unbranched alkanes of at least 4 members (excludes halogenated alkanes) is 1. The molecule has 0 unspecified atom stereocenters. The fourth-order valence-electron chi connectivity index (χ4n) is 4.61. The van der Waals surface area contributed by atoms with E-state index >= 15 is 0 Å². The quantitative estimate of drug-likeness (QED) is 0.209. The molecule has 3 aromatic carbocycles. The number of hydrogen-bond donors (Lipinski definition) is 0. The third-order valence-electron chi connectivity index (χ3n) is 5.96. The summed E-state index contributed by atoms with van der Waals surface area (Å²) >= 11 is 0. The van der Waals surface area contributed by atoms with E-state index in [4.69, 9.17) is 18.9 Å². The van der Waals surface area contributed by atoms with Gasteiger partial charge in [0.1, 0.15) is 0 Å². The summed E-state index contributed by atoms with van der Waals surface area (Å²) in [4.78, 5) is 26.7. The van der Waals surface area contributed by atoms with E-state index in [9.17, 15) is 9.59 Å². The topological polar surface area (TPSA) is 74.3 Å². The number of esters is 2. The number of benzene rings is 3. The zero-order valence-electron chi connectivity index (χ0n) is 21.8. The minimum Gasteiger partial charge on any atom is -0.486 e. The first-order chi connectivity index (χ1) is 17.2. The first-order valence-electron chi connectivity index (χ1n) is 12.3. The lowest BCUT2D eigenvalue weighted by Gasteiger charge is -2.34. The van der Waals surface area contributed by atoms with Crippen molar-refractivity contribution in [2.24, 2.45) is 0 Å². The molecule has 0 saturated carbocycles. The van der Waals surface area contributed by atoms with Crippen LogP contribution in [-0.2, 0) is 16.1 Å². The van der Waals surface area contributed by atoms with Crippen molar-refractivity contribution in [2.75, 3.05) is 18.6 Å². The number of fused-ring (bicyclic) bond motifs is 5. The Labute approximate surface area is 211 Å². The van der Waals surface area contributed by atoms with E-state index in [0.717, 1.165) is 34.9 Å². The van der Waals surface area contributed by atoms with Crippen LogP contribution in [0, 0.1) is 0 Å². The molecule has 3 aromatic rings. The average Bonchev–Trinajstić information content (AvgIpc) is 2.81. The van der Waals surface area contributed by atoms with E-state index in [1.165, 1.54) is 13.8 Å². The van der Waals surface area contributed by atoms with Crippen molar-refractivity contribution in [1.29, 1.82) is 0 Å². The molecule has 7 heteroatoms. The number of anilines is 1. The Balaban J connectivity index is 2.12. The first kappa shape index (κ1) is 25.4. The lowest BCUT2D eigenvalue weighted by atomic mass is 9.88. The van der Waals surface area contributed by atoms with Gasteiger partial charge in [0, 0.05) is 49.5 Å². The lowest BCUT2D eigenvalue weighted by molar-refractivity contribution is -0.133. The molecule has 0 aromatic heterocycles. The van der Waals surface area contributed by atoms with Crippen molar-refractivity contribution in [3.8, 4) is 34.1 Å². The maximum Gasteiger partial charge on any atom is 0.308 e. The van der Waals surface area contributed by atoms with Gasteiger partial charge in [-0.2, -0.15) is 0 Å². The third-order valence-corrected chi connectivity index (χ3v) is 5.96. The summed E-state index contributed by atoms with van der Waals surface area (Å²) < 4.78 is 24.0. The molecule has 0 atom stereocenters. The van der Waals surface area contributed by atoms with Crippen molar-refractivity contribution >= 4 is 28.4 Å². The second-order valence-corrected chi connectivity index (χ2v) is 9.26. The van der Waals surface area contributed by atoms with Gasteiger partial charge < -0.3 is 23.8 Å². The number of ether oxygens (including phenoxy) is 4. The van der Waals surface area contributed by atoms with E-state index in [-0.39, 0.29) is 23.4 Å². The minimum absolute atomic E-state index is 0.251. The fraction of sp³-hybridized carbons (Fsp3) is 0.379. The maximum absolute atomic E-state index is 12.3. The van der Waals surface area contributed by atoms with Crippen LogP contribution >= 0.6 is 0 Å². The van der Waals surface area contributed by atoms with Crippen LogP contribution in [0.15, 0.2) is 36.4 Å². The predicted molar refractivity (Wildman–Crippen MR) is 140 cm³/mol. The van der Waals surface area contributed by atoms with Gasteiger partial charge in [-0.15, -0.1) is 0 Å². The maximum atomic E-state index is 12.3. The van der Waals surface area contributed by atoms with Crippen molar-refractivity contribution in [3.05, 3.63) is 42.0 Å². The van der Waals surface area contributed by atoms with Crippen molar-refractivity contribution < 1.29 is 28.5 Å². The van der Waals surface area contributed by atoms with Crippen LogP contribution in [-0.4, -0.2) is 31.7 Å². The van der Waals surface area contributed by atoms with Gasteiger partial charge in [0.2, 0.25) is 11.5 Å². The molecule has 0 aliphatic carbocycles. The molecule has 1 heterocycles. The molecule has 0 N–H and O–H groups in total. The molecule has 0 saturated heterocycles. The van der Waals surface area contributed by atoms with Crippen molar-refractivity contribution in [3.63, 3.8) is 0 Å². The van der Waals surface area contributed by atoms with E-state index in [1.54, 1.807) is 0 Å². The normalized spacial score (nSPS) is 12.2. The molecule has 0 amide bonds. The molecular formula is C29H33NO6. The smallest absolute Gasteiger partial charge is 0.308 e. The Morgan fingerprint density at radius 3 is 2.31 bits per heavy atom. The third kappa shape index (κ3) is 4.83. The predicted octanol–water partition coefficient (Wildman–Crippen LogP) is 6.27. The number of rotatable bonds is 8. The van der Waals surface area contributed by atoms with Crippen LogP contribution in [0.2, 0.25) is 0 Å². The van der Waals surface area contributed by atoms with Crippen LogP contribution in [0.4, 0.5) is 5.69 Å². The molecule has 1 aliphatic rings. The van der Waals surface area contributed by atoms with E-state index in [2.05, 4.69) is 24.0 Å².